The van der Waals surface area contributed by atoms with Gasteiger partial charge >= 0.3 is 11.9 Å². The summed E-state index contributed by atoms with van der Waals surface area (Å²) in [5.41, 5.74) is 0.182. The first-order valence-corrected chi connectivity index (χ1v) is 17.7. The Bertz CT molecular complexity index is 1540. The molecule has 1 heterocycles. The monoisotopic (exact) mass is 671 g/mol. The van der Waals surface area contributed by atoms with Gasteiger partial charge in [0, 0.05) is 6.42 Å². The van der Waals surface area contributed by atoms with E-state index in [0.717, 1.165) is 57.3 Å². The first kappa shape index (κ1) is 37.4. The summed E-state index contributed by atoms with van der Waals surface area (Å²) in [4.78, 5) is 29.8. The molecule has 0 spiro atoms. The largest absolute Gasteiger partial charge is 0.475 e. The number of unbranched alkanes of at least 4 members (excludes halogenated alkanes) is 10. The van der Waals surface area contributed by atoms with Crippen LogP contribution in [0.2, 0.25) is 0 Å². The lowest BCUT2D eigenvalue weighted by Crippen LogP contribution is -2.23. The number of halogens is 1. The lowest BCUT2D eigenvalue weighted by molar-refractivity contribution is -0.154. The van der Waals surface area contributed by atoms with Gasteiger partial charge in [0.05, 0.1) is 23.0 Å². The summed E-state index contributed by atoms with van der Waals surface area (Å²) in [6.07, 6.45) is 15.3. The zero-order chi connectivity index (χ0) is 34.3. The average Bonchev–Trinajstić information content (AvgIpc) is 3.00. The van der Waals surface area contributed by atoms with Gasteiger partial charge in [-0.1, -0.05) is 57.8 Å². The van der Waals surface area contributed by atoms with Crippen LogP contribution in [0.5, 0.6) is 11.5 Å². The minimum Gasteiger partial charge on any atom is -0.475 e. The number of ether oxygens (including phenoxy) is 2. The van der Waals surface area contributed by atoms with Crippen molar-refractivity contribution in [1.82, 2.24) is 9.97 Å². The van der Waals surface area contributed by atoms with Gasteiger partial charge in [-0.25, -0.2) is 27.6 Å². The van der Waals surface area contributed by atoms with Crippen LogP contribution in [0.1, 0.15) is 114 Å². The van der Waals surface area contributed by atoms with Crippen LogP contribution in [0.3, 0.4) is 0 Å². The van der Waals surface area contributed by atoms with Crippen molar-refractivity contribution in [2.45, 2.75) is 115 Å². The second kappa shape index (κ2) is 18.3. The number of aromatic nitrogens is 2. The molecule has 0 aliphatic heterocycles. The smallest absolute Gasteiger partial charge is 0.373 e. The SMILES string of the molecule is CC(C)(C)OC(=O)CCCCCCCCCCCCCc1cc(Oc2ccc(S(=O)(=O)Nc3cnc(C(=O)O)nc3)cc2)ccc1F. The maximum Gasteiger partial charge on any atom is 0.373 e. The molecule has 0 fully saturated rings. The number of carboxylic acid groups (broad SMARTS) is 1. The number of esters is 1. The van der Waals surface area contributed by atoms with Gasteiger partial charge in [-0.15, -0.1) is 0 Å². The highest BCUT2D eigenvalue weighted by Gasteiger charge is 2.17. The van der Waals surface area contributed by atoms with E-state index >= 15 is 0 Å². The van der Waals surface area contributed by atoms with Crippen LogP contribution >= 0.6 is 0 Å². The summed E-state index contributed by atoms with van der Waals surface area (Å²) >= 11 is 0. The molecule has 1 aromatic heterocycles. The van der Waals surface area contributed by atoms with Gasteiger partial charge < -0.3 is 14.6 Å². The highest BCUT2D eigenvalue weighted by molar-refractivity contribution is 7.92. The number of carbonyl (C=O) groups is 2. The summed E-state index contributed by atoms with van der Waals surface area (Å²) in [7, 11) is -3.98. The molecule has 0 bridgehead atoms. The van der Waals surface area contributed by atoms with Gasteiger partial charge in [0.25, 0.3) is 10.0 Å². The van der Waals surface area contributed by atoms with E-state index in [-0.39, 0.29) is 22.4 Å². The number of nitrogens with zero attached hydrogens (tertiary/aromatic N) is 2. The third-order valence-corrected chi connectivity index (χ3v) is 8.63. The molecule has 256 valence electrons. The molecule has 0 aliphatic carbocycles. The minimum absolute atomic E-state index is 0.0192. The predicted molar refractivity (Wildman–Crippen MR) is 178 cm³/mol. The van der Waals surface area contributed by atoms with E-state index in [0.29, 0.717) is 29.9 Å². The molecule has 0 atom stereocenters. The normalized spacial score (nSPS) is 11.7. The second-order valence-corrected chi connectivity index (χ2v) is 14.2. The maximum absolute atomic E-state index is 14.5. The zero-order valence-corrected chi connectivity index (χ0v) is 28.3. The van der Waals surface area contributed by atoms with E-state index < -0.39 is 27.4 Å². The van der Waals surface area contributed by atoms with Crippen LogP contribution in [0.25, 0.3) is 0 Å². The molecule has 3 aromatic rings. The van der Waals surface area contributed by atoms with Gasteiger partial charge in [0.15, 0.2) is 0 Å². The van der Waals surface area contributed by atoms with E-state index in [1.807, 2.05) is 20.8 Å². The summed E-state index contributed by atoms with van der Waals surface area (Å²) in [6, 6.07) is 10.3. The van der Waals surface area contributed by atoms with Crippen LogP contribution in [0.4, 0.5) is 10.1 Å². The Morgan fingerprint density at radius 3 is 1.89 bits per heavy atom. The van der Waals surface area contributed by atoms with Crippen molar-refractivity contribution in [3.63, 3.8) is 0 Å². The van der Waals surface area contributed by atoms with Gasteiger partial charge in [-0.3, -0.25) is 9.52 Å². The third kappa shape index (κ3) is 14.1. The number of hydrogen-bond donors (Lipinski definition) is 2. The third-order valence-electron chi connectivity index (χ3n) is 7.23. The average molecular weight is 672 g/mol. The number of carboxylic acids is 1. The molecule has 47 heavy (non-hydrogen) atoms. The molecule has 2 aromatic carbocycles. The highest BCUT2D eigenvalue weighted by Crippen LogP contribution is 2.26. The minimum atomic E-state index is -3.98. The number of carbonyl (C=O) groups excluding carboxylic acids is 1. The molecular weight excluding hydrogens is 625 g/mol. The zero-order valence-electron chi connectivity index (χ0n) is 27.5. The van der Waals surface area contributed by atoms with E-state index in [2.05, 4.69) is 14.7 Å². The number of hydrogen-bond acceptors (Lipinski definition) is 8. The lowest BCUT2D eigenvalue weighted by atomic mass is 10.0. The number of aromatic carboxylic acids is 1. The summed E-state index contributed by atoms with van der Waals surface area (Å²) in [5.74, 6) is -1.32. The Morgan fingerprint density at radius 2 is 1.34 bits per heavy atom. The Hall–Kier alpha value is -4.06. The van der Waals surface area contributed by atoms with Gasteiger partial charge in [0.2, 0.25) is 5.82 Å². The topological polar surface area (TPSA) is 145 Å². The number of anilines is 1. The number of rotatable bonds is 20. The number of benzene rings is 2. The van der Waals surface area contributed by atoms with E-state index in [1.165, 1.54) is 62.1 Å². The number of nitrogens with one attached hydrogen (secondary N) is 1. The summed E-state index contributed by atoms with van der Waals surface area (Å²) in [5, 5.41) is 8.88. The van der Waals surface area contributed by atoms with Crippen LogP contribution in [-0.2, 0) is 26.0 Å². The molecular formula is C35H46FN3O7S. The predicted octanol–water partition coefficient (Wildman–Crippen LogP) is 8.47. The van der Waals surface area contributed by atoms with Gasteiger partial charge in [-0.2, -0.15) is 0 Å². The van der Waals surface area contributed by atoms with Crippen molar-refractivity contribution < 1.29 is 37.0 Å². The van der Waals surface area contributed by atoms with E-state index in [1.54, 1.807) is 6.07 Å². The van der Waals surface area contributed by atoms with Crippen molar-refractivity contribution in [1.29, 1.82) is 0 Å². The standard InChI is InChI=1S/C35H46FN3O7S/c1-35(2,3)46-32(40)16-14-12-10-8-6-4-5-7-9-11-13-15-26-23-29(19-22-31(26)36)45-28-17-20-30(21-18-28)47(43,44)39-27-24-37-33(34(41)42)38-25-27/h17-25,39H,4-16H2,1-3H3,(H,41,42). The molecule has 0 amide bonds. The van der Waals surface area contributed by atoms with Crippen molar-refractivity contribution >= 4 is 27.6 Å². The Labute approximate surface area is 277 Å². The first-order chi connectivity index (χ1) is 22.3. The molecule has 0 unspecified atom stereocenters. The Morgan fingerprint density at radius 1 is 0.809 bits per heavy atom. The van der Waals surface area contributed by atoms with Crippen LogP contribution < -0.4 is 9.46 Å². The van der Waals surface area contributed by atoms with E-state index in [9.17, 15) is 22.4 Å². The van der Waals surface area contributed by atoms with Crippen molar-refractivity contribution in [3.05, 3.63) is 72.1 Å². The molecule has 0 aliphatic rings. The fourth-order valence-electron chi connectivity index (χ4n) is 4.90. The fraction of sp³-hybridized carbons (Fsp3) is 0.486. The maximum atomic E-state index is 14.5. The number of aryl methyl sites for hydroxylation is 1. The molecule has 10 nitrogen and oxygen atoms in total. The molecule has 0 saturated carbocycles. The van der Waals surface area contributed by atoms with E-state index in [4.69, 9.17) is 14.6 Å². The van der Waals surface area contributed by atoms with Crippen LogP contribution in [0.15, 0.2) is 59.8 Å². The summed E-state index contributed by atoms with van der Waals surface area (Å²) < 4.78 is 53.4. The van der Waals surface area contributed by atoms with Crippen LogP contribution in [0, 0.1) is 5.82 Å². The first-order valence-electron chi connectivity index (χ1n) is 16.2. The van der Waals surface area contributed by atoms with Gasteiger partial charge in [-0.05, 0) is 88.1 Å². The Balaban J connectivity index is 1.32. The summed E-state index contributed by atoms with van der Waals surface area (Å²) in [6.45, 7) is 5.66. The molecule has 2 N–H and O–H groups in total. The number of sulfonamides is 1. The highest BCUT2D eigenvalue weighted by atomic mass is 32.2. The van der Waals surface area contributed by atoms with Crippen LogP contribution in [-0.4, -0.2) is 41.0 Å². The Kier molecular flexibility index (Phi) is 14.6. The van der Waals surface area contributed by atoms with Crippen molar-refractivity contribution in [3.8, 4) is 11.5 Å². The second-order valence-electron chi connectivity index (χ2n) is 12.5. The van der Waals surface area contributed by atoms with Crippen molar-refractivity contribution in [2.75, 3.05) is 4.72 Å². The fourth-order valence-corrected chi connectivity index (χ4v) is 5.93. The molecule has 12 heteroatoms. The molecule has 0 radical (unpaired) electrons. The lowest BCUT2D eigenvalue weighted by Gasteiger charge is -2.19. The molecule has 0 saturated heterocycles. The van der Waals surface area contributed by atoms with Crippen molar-refractivity contribution in [2.24, 2.45) is 0 Å². The quantitative estimate of drug-likeness (QED) is 0.0892. The molecule has 3 rings (SSSR count). The van der Waals surface area contributed by atoms with Gasteiger partial charge in [0.1, 0.15) is 22.9 Å².